The van der Waals surface area contributed by atoms with Crippen molar-refractivity contribution in [3.63, 3.8) is 0 Å². The minimum Gasteiger partial charge on any atom is -0.319 e. The van der Waals surface area contributed by atoms with E-state index < -0.39 is 5.54 Å². The van der Waals surface area contributed by atoms with Crippen molar-refractivity contribution in [3.8, 4) is 11.1 Å². The van der Waals surface area contributed by atoms with Crippen molar-refractivity contribution in [3.05, 3.63) is 47.0 Å². The van der Waals surface area contributed by atoms with Gasteiger partial charge in [-0.1, -0.05) is 35.0 Å². The van der Waals surface area contributed by atoms with Crippen molar-refractivity contribution in [2.45, 2.75) is 25.8 Å². The van der Waals surface area contributed by atoms with Gasteiger partial charge in [-0.15, -0.1) is 0 Å². The molecule has 1 atom stereocenters. The number of rotatable bonds is 3. The third-order valence-corrected chi connectivity index (χ3v) is 3.60. The minimum atomic E-state index is -0.460. The maximum Gasteiger partial charge on any atom is 0.147 e. The molecule has 0 aliphatic carbocycles. The van der Waals surface area contributed by atoms with E-state index in [4.69, 9.17) is 5.73 Å². The van der Waals surface area contributed by atoms with Gasteiger partial charge < -0.3 is 5.73 Å². The van der Waals surface area contributed by atoms with Gasteiger partial charge in [0.25, 0.3) is 0 Å². The summed E-state index contributed by atoms with van der Waals surface area (Å²) < 4.78 is 1.06. The van der Waals surface area contributed by atoms with Gasteiger partial charge in [0.2, 0.25) is 0 Å². The van der Waals surface area contributed by atoms with E-state index in [9.17, 15) is 0 Å². The van der Waals surface area contributed by atoms with Crippen LogP contribution in [0.3, 0.4) is 0 Å². The molecular formula is C14H16BrN3. The van der Waals surface area contributed by atoms with Crippen molar-refractivity contribution in [2.24, 2.45) is 5.73 Å². The Kier molecular flexibility index (Phi) is 3.78. The smallest absolute Gasteiger partial charge is 0.147 e. The van der Waals surface area contributed by atoms with Crippen molar-refractivity contribution < 1.29 is 0 Å². The molecule has 0 radical (unpaired) electrons. The van der Waals surface area contributed by atoms with Crippen LogP contribution in [0.2, 0.25) is 0 Å². The lowest BCUT2D eigenvalue weighted by atomic mass is 9.99. The second-order valence-corrected chi connectivity index (χ2v) is 5.49. The van der Waals surface area contributed by atoms with Crippen molar-refractivity contribution in [1.29, 1.82) is 0 Å². The Morgan fingerprint density at radius 1 is 1.11 bits per heavy atom. The molecule has 0 saturated carbocycles. The van der Waals surface area contributed by atoms with Gasteiger partial charge in [0.05, 0.1) is 5.54 Å². The standard InChI is InChI=1S/C14H16BrN3/c1-3-14(2,16)13-17-8-11(9-18-13)10-4-6-12(15)7-5-10/h4-9H,3,16H2,1-2H3. The van der Waals surface area contributed by atoms with Gasteiger partial charge in [0.15, 0.2) is 0 Å². The number of aromatic nitrogens is 2. The first-order valence-corrected chi connectivity index (χ1v) is 6.69. The van der Waals surface area contributed by atoms with Crippen LogP contribution in [0.15, 0.2) is 41.1 Å². The number of nitrogens with two attached hydrogens (primary N) is 1. The molecule has 18 heavy (non-hydrogen) atoms. The molecule has 1 aromatic carbocycles. The molecule has 0 amide bonds. The first kappa shape index (κ1) is 13.2. The average Bonchev–Trinajstić information content (AvgIpc) is 2.40. The molecule has 0 saturated heterocycles. The van der Waals surface area contributed by atoms with E-state index in [1.807, 2.05) is 50.5 Å². The first-order valence-electron chi connectivity index (χ1n) is 5.90. The molecule has 0 spiro atoms. The summed E-state index contributed by atoms with van der Waals surface area (Å²) in [5, 5.41) is 0. The van der Waals surface area contributed by atoms with Gasteiger partial charge in [0.1, 0.15) is 5.82 Å². The molecule has 94 valence electrons. The zero-order chi connectivity index (χ0) is 13.2. The van der Waals surface area contributed by atoms with Gasteiger partial charge in [-0.05, 0) is 31.0 Å². The van der Waals surface area contributed by atoms with Gasteiger partial charge in [-0.3, -0.25) is 0 Å². The Hall–Kier alpha value is -1.26. The largest absolute Gasteiger partial charge is 0.319 e. The summed E-state index contributed by atoms with van der Waals surface area (Å²) in [7, 11) is 0. The SMILES string of the molecule is CCC(C)(N)c1ncc(-c2ccc(Br)cc2)cn1. The maximum absolute atomic E-state index is 6.11. The monoisotopic (exact) mass is 305 g/mol. The highest BCUT2D eigenvalue weighted by Gasteiger charge is 2.21. The molecule has 1 aromatic heterocycles. The van der Waals surface area contributed by atoms with Crippen LogP contribution >= 0.6 is 15.9 Å². The Bertz CT molecular complexity index is 518. The van der Waals surface area contributed by atoms with Crippen LogP contribution in [0.1, 0.15) is 26.1 Å². The Labute approximate surface area is 116 Å². The molecule has 0 bridgehead atoms. The van der Waals surface area contributed by atoms with Crippen molar-refractivity contribution in [2.75, 3.05) is 0 Å². The molecule has 0 aliphatic rings. The van der Waals surface area contributed by atoms with E-state index in [0.717, 1.165) is 22.0 Å². The fourth-order valence-corrected chi connectivity index (χ4v) is 1.84. The summed E-state index contributed by atoms with van der Waals surface area (Å²) in [5.41, 5.74) is 7.75. The molecule has 3 nitrogen and oxygen atoms in total. The maximum atomic E-state index is 6.11. The number of hydrogen-bond acceptors (Lipinski definition) is 3. The Balaban J connectivity index is 2.30. The number of hydrogen-bond donors (Lipinski definition) is 1. The number of nitrogens with zero attached hydrogens (tertiary/aromatic N) is 2. The van der Waals surface area contributed by atoms with Gasteiger partial charge in [-0.2, -0.15) is 0 Å². The van der Waals surface area contributed by atoms with E-state index >= 15 is 0 Å². The quantitative estimate of drug-likeness (QED) is 0.944. The highest BCUT2D eigenvalue weighted by atomic mass is 79.9. The summed E-state index contributed by atoms with van der Waals surface area (Å²) in [6.07, 6.45) is 4.46. The fourth-order valence-electron chi connectivity index (χ4n) is 1.57. The van der Waals surface area contributed by atoms with E-state index in [1.54, 1.807) is 0 Å². The zero-order valence-corrected chi connectivity index (χ0v) is 12.1. The third kappa shape index (κ3) is 2.76. The van der Waals surface area contributed by atoms with Gasteiger partial charge in [-0.25, -0.2) is 9.97 Å². The lowest BCUT2D eigenvalue weighted by molar-refractivity contribution is 0.445. The van der Waals surface area contributed by atoms with Crippen LogP contribution in [0.4, 0.5) is 0 Å². The van der Waals surface area contributed by atoms with Crippen LogP contribution in [0, 0.1) is 0 Å². The molecule has 4 heteroatoms. The zero-order valence-electron chi connectivity index (χ0n) is 10.5. The summed E-state index contributed by atoms with van der Waals surface area (Å²) >= 11 is 3.42. The lowest BCUT2D eigenvalue weighted by Crippen LogP contribution is -2.34. The topological polar surface area (TPSA) is 51.8 Å². The highest BCUT2D eigenvalue weighted by Crippen LogP contribution is 2.22. The van der Waals surface area contributed by atoms with Crippen LogP contribution in [-0.4, -0.2) is 9.97 Å². The number of halogens is 1. The Morgan fingerprint density at radius 3 is 2.17 bits per heavy atom. The first-order chi connectivity index (χ1) is 8.53. The van der Waals surface area contributed by atoms with E-state index in [0.29, 0.717) is 5.82 Å². The summed E-state index contributed by atoms with van der Waals surface area (Å²) in [4.78, 5) is 8.74. The second-order valence-electron chi connectivity index (χ2n) is 4.57. The molecule has 2 N–H and O–H groups in total. The fraction of sp³-hybridized carbons (Fsp3) is 0.286. The third-order valence-electron chi connectivity index (χ3n) is 3.07. The molecule has 0 aliphatic heterocycles. The van der Waals surface area contributed by atoms with E-state index in [1.165, 1.54) is 0 Å². The van der Waals surface area contributed by atoms with Crippen molar-refractivity contribution >= 4 is 15.9 Å². The predicted octanol–water partition coefficient (Wildman–Crippen LogP) is 3.49. The summed E-state index contributed by atoms with van der Waals surface area (Å²) in [6, 6.07) is 8.07. The average molecular weight is 306 g/mol. The molecule has 1 heterocycles. The second kappa shape index (κ2) is 5.16. The molecule has 0 fully saturated rings. The summed E-state index contributed by atoms with van der Waals surface area (Å²) in [5.74, 6) is 0.686. The highest BCUT2D eigenvalue weighted by molar-refractivity contribution is 9.10. The van der Waals surface area contributed by atoms with Crippen molar-refractivity contribution in [1.82, 2.24) is 9.97 Å². The normalized spacial score (nSPS) is 14.2. The minimum absolute atomic E-state index is 0.460. The number of benzene rings is 1. The van der Waals surface area contributed by atoms with Crippen LogP contribution in [-0.2, 0) is 5.54 Å². The predicted molar refractivity (Wildman–Crippen MR) is 77.0 cm³/mol. The van der Waals surface area contributed by atoms with Crippen LogP contribution in [0.25, 0.3) is 11.1 Å². The molecule has 2 aromatic rings. The van der Waals surface area contributed by atoms with Gasteiger partial charge in [0, 0.05) is 22.4 Å². The van der Waals surface area contributed by atoms with E-state index in [-0.39, 0.29) is 0 Å². The van der Waals surface area contributed by atoms with Crippen LogP contribution in [0.5, 0.6) is 0 Å². The lowest BCUT2D eigenvalue weighted by Gasteiger charge is -2.20. The molecule has 2 rings (SSSR count). The molecular weight excluding hydrogens is 290 g/mol. The Morgan fingerprint density at radius 2 is 1.67 bits per heavy atom. The molecule has 1 unspecified atom stereocenters. The van der Waals surface area contributed by atoms with E-state index in [2.05, 4.69) is 25.9 Å². The van der Waals surface area contributed by atoms with Gasteiger partial charge >= 0.3 is 0 Å². The summed E-state index contributed by atoms with van der Waals surface area (Å²) in [6.45, 7) is 3.98. The van der Waals surface area contributed by atoms with Crippen LogP contribution < -0.4 is 5.73 Å².